The van der Waals surface area contributed by atoms with Gasteiger partial charge in [0.25, 0.3) is 0 Å². The maximum absolute atomic E-state index is 13.2. The highest BCUT2D eigenvalue weighted by atomic mass is 19.1. The number of anilines is 1. The predicted molar refractivity (Wildman–Crippen MR) is 88.5 cm³/mol. The molecule has 2 heterocycles. The second kappa shape index (κ2) is 7.21. The number of aromatic nitrogens is 2. The molecule has 1 aromatic carbocycles. The zero-order valence-electron chi connectivity index (χ0n) is 13.3. The lowest BCUT2D eigenvalue weighted by atomic mass is 9.77. The summed E-state index contributed by atoms with van der Waals surface area (Å²) >= 11 is 0. The van der Waals surface area contributed by atoms with E-state index in [9.17, 15) is 14.6 Å². The lowest BCUT2D eigenvalue weighted by Crippen LogP contribution is -2.44. The van der Waals surface area contributed by atoms with Crippen LogP contribution in [0.3, 0.4) is 0 Å². The second-order valence-corrected chi connectivity index (χ2v) is 5.91. The third-order valence-corrected chi connectivity index (χ3v) is 4.53. The van der Waals surface area contributed by atoms with Crippen LogP contribution in [-0.4, -0.2) is 59.6 Å². The molecule has 6 nitrogen and oxygen atoms in total. The molecule has 1 aliphatic rings. The Morgan fingerprint density at radius 2 is 1.58 bits per heavy atom. The highest BCUT2D eigenvalue weighted by molar-refractivity contribution is 5.40. The van der Waals surface area contributed by atoms with Gasteiger partial charge in [-0.25, -0.2) is 14.4 Å². The maximum atomic E-state index is 13.2. The van der Waals surface area contributed by atoms with Crippen LogP contribution in [0, 0.1) is 5.82 Å². The molecule has 0 aliphatic carbocycles. The Balaban J connectivity index is 1.92. The molecule has 0 saturated carbocycles. The van der Waals surface area contributed by atoms with Gasteiger partial charge >= 0.3 is 0 Å². The first-order valence-corrected chi connectivity index (χ1v) is 7.95. The highest BCUT2D eigenvalue weighted by Crippen LogP contribution is 2.31. The molecule has 128 valence electrons. The molecule has 1 aromatic heterocycles. The van der Waals surface area contributed by atoms with Gasteiger partial charge < -0.3 is 20.4 Å². The molecule has 0 amide bonds. The Labute approximate surface area is 140 Å². The number of halogens is 1. The number of nitrogens with one attached hydrogen (secondary N) is 1. The Kier molecular flexibility index (Phi) is 5.03. The lowest BCUT2D eigenvalue weighted by Gasteiger charge is -2.31. The number of hydrogen-bond donors (Lipinski definition) is 3. The first-order valence-electron chi connectivity index (χ1n) is 7.95. The fraction of sp³-hybridized carbons (Fsp3) is 0.412. The average Bonchev–Trinajstić information content (AvgIpc) is 2.66. The van der Waals surface area contributed by atoms with E-state index in [1.54, 1.807) is 24.5 Å². The highest BCUT2D eigenvalue weighted by Gasteiger charge is 2.34. The van der Waals surface area contributed by atoms with Crippen LogP contribution in [-0.2, 0) is 5.41 Å². The fourth-order valence-corrected chi connectivity index (χ4v) is 2.95. The molecule has 7 heteroatoms. The molecule has 0 radical (unpaired) electrons. The minimum atomic E-state index is -1.06. The number of aliphatic hydroxyl groups excluding tert-OH is 2. The normalized spacial score (nSPS) is 15.5. The second-order valence-electron chi connectivity index (χ2n) is 5.91. The molecule has 2 aromatic rings. The molecule has 0 unspecified atom stereocenters. The van der Waals surface area contributed by atoms with Gasteiger partial charge in [0.15, 0.2) is 0 Å². The van der Waals surface area contributed by atoms with Crippen molar-refractivity contribution in [2.75, 3.05) is 44.3 Å². The number of piperazine rings is 1. The van der Waals surface area contributed by atoms with Gasteiger partial charge in [-0.3, -0.25) is 0 Å². The largest absolute Gasteiger partial charge is 0.395 e. The van der Waals surface area contributed by atoms with Crippen molar-refractivity contribution in [1.29, 1.82) is 0 Å². The number of rotatable bonds is 5. The summed E-state index contributed by atoms with van der Waals surface area (Å²) in [5, 5.41) is 23.2. The van der Waals surface area contributed by atoms with Gasteiger partial charge in [0.05, 0.1) is 18.6 Å². The SMILES string of the molecule is OCC(CO)(c1ccc(F)cc1)c1cnc(N2CCNCC2)nc1. The van der Waals surface area contributed by atoms with Crippen LogP contribution in [0.25, 0.3) is 0 Å². The van der Waals surface area contributed by atoms with Crippen molar-refractivity contribution in [2.24, 2.45) is 0 Å². The fourth-order valence-electron chi connectivity index (χ4n) is 2.95. The molecule has 3 N–H and O–H groups in total. The average molecular weight is 332 g/mol. The summed E-state index contributed by atoms with van der Waals surface area (Å²) in [7, 11) is 0. The summed E-state index contributed by atoms with van der Waals surface area (Å²) in [5.41, 5.74) is 0.154. The van der Waals surface area contributed by atoms with E-state index in [1.807, 2.05) is 0 Å². The van der Waals surface area contributed by atoms with Gasteiger partial charge in [-0.15, -0.1) is 0 Å². The monoisotopic (exact) mass is 332 g/mol. The van der Waals surface area contributed by atoms with Gasteiger partial charge in [0.2, 0.25) is 5.95 Å². The van der Waals surface area contributed by atoms with Crippen LogP contribution in [0.1, 0.15) is 11.1 Å². The topological polar surface area (TPSA) is 81.5 Å². The smallest absolute Gasteiger partial charge is 0.225 e. The van der Waals surface area contributed by atoms with E-state index < -0.39 is 5.41 Å². The number of aliphatic hydroxyl groups is 2. The third kappa shape index (κ3) is 3.10. The zero-order valence-corrected chi connectivity index (χ0v) is 13.3. The van der Waals surface area contributed by atoms with Crippen molar-refractivity contribution < 1.29 is 14.6 Å². The predicted octanol–water partition coefficient (Wildman–Crippen LogP) is 0.296. The van der Waals surface area contributed by atoms with E-state index in [2.05, 4.69) is 20.2 Å². The number of nitrogens with zero attached hydrogens (tertiary/aromatic N) is 3. The van der Waals surface area contributed by atoms with E-state index in [0.717, 1.165) is 26.2 Å². The van der Waals surface area contributed by atoms with Crippen molar-refractivity contribution in [3.63, 3.8) is 0 Å². The van der Waals surface area contributed by atoms with E-state index in [4.69, 9.17) is 0 Å². The Hall–Kier alpha value is -2.09. The van der Waals surface area contributed by atoms with Gasteiger partial charge in [0, 0.05) is 44.1 Å². The number of hydrogen-bond acceptors (Lipinski definition) is 6. The summed E-state index contributed by atoms with van der Waals surface area (Å²) in [6, 6.07) is 5.74. The summed E-state index contributed by atoms with van der Waals surface area (Å²) < 4.78 is 13.2. The van der Waals surface area contributed by atoms with Crippen molar-refractivity contribution >= 4 is 5.95 Å². The van der Waals surface area contributed by atoms with Crippen LogP contribution in [0.15, 0.2) is 36.7 Å². The van der Waals surface area contributed by atoms with E-state index in [1.165, 1.54) is 12.1 Å². The van der Waals surface area contributed by atoms with Crippen LogP contribution in [0.2, 0.25) is 0 Å². The minimum absolute atomic E-state index is 0.328. The molecule has 0 bridgehead atoms. The molecular weight excluding hydrogens is 311 g/mol. The van der Waals surface area contributed by atoms with Gasteiger partial charge in [-0.2, -0.15) is 0 Å². The van der Waals surface area contributed by atoms with Gasteiger partial charge in [0.1, 0.15) is 5.82 Å². The molecule has 0 atom stereocenters. The molecule has 24 heavy (non-hydrogen) atoms. The number of benzene rings is 1. The summed E-state index contributed by atoms with van der Waals surface area (Å²) in [6.07, 6.45) is 3.25. The quantitative estimate of drug-likeness (QED) is 0.730. The van der Waals surface area contributed by atoms with Crippen LogP contribution >= 0.6 is 0 Å². The standard InChI is InChI=1S/C17H21FN4O2/c18-15-3-1-13(2-4-15)17(11-23,12-24)14-9-20-16(21-10-14)22-7-5-19-6-8-22/h1-4,9-10,19,23-24H,5-8,11-12H2. The van der Waals surface area contributed by atoms with E-state index in [-0.39, 0.29) is 19.0 Å². The third-order valence-electron chi connectivity index (χ3n) is 4.53. The Bertz CT molecular complexity index is 653. The Morgan fingerprint density at radius 1 is 1.00 bits per heavy atom. The van der Waals surface area contributed by atoms with Gasteiger partial charge in [-0.05, 0) is 17.7 Å². The summed E-state index contributed by atoms with van der Waals surface area (Å²) in [4.78, 5) is 10.9. The van der Waals surface area contributed by atoms with Crippen molar-refractivity contribution in [3.8, 4) is 0 Å². The lowest BCUT2D eigenvalue weighted by molar-refractivity contribution is 0.142. The van der Waals surface area contributed by atoms with Crippen molar-refractivity contribution in [1.82, 2.24) is 15.3 Å². The minimum Gasteiger partial charge on any atom is -0.395 e. The van der Waals surface area contributed by atoms with Crippen molar-refractivity contribution in [3.05, 3.63) is 53.6 Å². The summed E-state index contributed by atoms with van der Waals surface area (Å²) in [5.74, 6) is 0.262. The zero-order chi connectivity index (χ0) is 17.0. The Morgan fingerprint density at radius 3 is 2.12 bits per heavy atom. The van der Waals surface area contributed by atoms with Crippen LogP contribution < -0.4 is 10.2 Å². The molecule has 1 fully saturated rings. The van der Waals surface area contributed by atoms with E-state index >= 15 is 0 Å². The first-order chi connectivity index (χ1) is 11.7. The molecule has 0 spiro atoms. The molecule has 1 aliphatic heterocycles. The molecular formula is C17H21FN4O2. The first kappa shape index (κ1) is 16.8. The van der Waals surface area contributed by atoms with Gasteiger partial charge in [-0.1, -0.05) is 12.1 Å². The van der Waals surface area contributed by atoms with Crippen LogP contribution in [0.4, 0.5) is 10.3 Å². The van der Waals surface area contributed by atoms with Crippen molar-refractivity contribution in [2.45, 2.75) is 5.41 Å². The molecule has 1 saturated heterocycles. The maximum Gasteiger partial charge on any atom is 0.225 e. The molecule has 3 rings (SSSR count). The van der Waals surface area contributed by atoms with Crippen LogP contribution in [0.5, 0.6) is 0 Å². The van der Waals surface area contributed by atoms with E-state index in [0.29, 0.717) is 17.1 Å². The summed E-state index contributed by atoms with van der Waals surface area (Å²) in [6.45, 7) is 2.79.